The van der Waals surface area contributed by atoms with Gasteiger partial charge in [0.05, 0.1) is 18.8 Å². The quantitative estimate of drug-likeness (QED) is 0.882. The molecule has 136 valence electrons. The minimum absolute atomic E-state index is 0.0177. The first-order valence-electron chi connectivity index (χ1n) is 8.71. The smallest absolute Gasteiger partial charge is 0.257 e. The Labute approximate surface area is 149 Å². The lowest BCUT2D eigenvalue weighted by molar-refractivity contribution is 0.0234. The Morgan fingerprint density at radius 3 is 2.62 bits per heavy atom. The molecule has 1 aliphatic heterocycles. The number of benzene rings is 2. The molecule has 0 aromatic heterocycles. The predicted molar refractivity (Wildman–Crippen MR) is 90.9 cm³/mol. The van der Waals surface area contributed by atoms with Gasteiger partial charge in [-0.2, -0.15) is 0 Å². The Bertz CT molecular complexity index is 829. The third-order valence-corrected chi connectivity index (χ3v) is 5.17. The fourth-order valence-corrected chi connectivity index (χ4v) is 3.70. The van der Waals surface area contributed by atoms with E-state index in [1.54, 1.807) is 0 Å². The van der Waals surface area contributed by atoms with Crippen LogP contribution in [0.3, 0.4) is 0 Å². The van der Waals surface area contributed by atoms with E-state index in [-0.39, 0.29) is 5.92 Å². The Hall–Kier alpha value is -2.47. The molecule has 6 heteroatoms. The molecule has 2 aromatic carbocycles. The van der Waals surface area contributed by atoms with Crippen LogP contribution in [-0.2, 0) is 6.42 Å². The fourth-order valence-electron chi connectivity index (χ4n) is 3.70. The van der Waals surface area contributed by atoms with Crippen molar-refractivity contribution >= 4 is 5.91 Å². The number of halogens is 2. The van der Waals surface area contributed by atoms with Gasteiger partial charge in [-0.3, -0.25) is 4.79 Å². The van der Waals surface area contributed by atoms with E-state index in [9.17, 15) is 18.7 Å². The highest BCUT2D eigenvalue weighted by molar-refractivity contribution is 5.95. The summed E-state index contributed by atoms with van der Waals surface area (Å²) in [5.74, 6) is -1.73. The first-order chi connectivity index (χ1) is 12.5. The van der Waals surface area contributed by atoms with Gasteiger partial charge in [0.2, 0.25) is 0 Å². The molecule has 4 rings (SSSR count). The second-order valence-corrected chi connectivity index (χ2v) is 6.90. The third-order valence-electron chi connectivity index (χ3n) is 5.17. The second-order valence-electron chi connectivity index (χ2n) is 6.90. The summed E-state index contributed by atoms with van der Waals surface area (Å²) in [6.45, 7) is 0.623. The van der Waals surface area contributed by atoms with Crippen molar-refractivity contribution in [2.45, 2.75) is 31.4 Å². The van der Waals surface area contributed by atoms with Gasteiger partial charge in [-0.25, -0.2) is 8.78 Å². The van der Waals surface area contributed by atoms with Gasteiger partial charge >= 0.3 is 0 Å². The maximum Gasteiger partial charge on any atom is 0.257 e. The third kappa shape index (κ3) is 3.05. The number of aliphatic hydroxyl groups excluding tert-OH is 1. The Morgan fingerprint density at radius 1 is 1.19 bits per heavy atom. The summed E-state index contributed by atoms with van der Waals surface area (Å²) in [6, 6.07) is 8.61. The zero-order chi connectivity index (χ0) is 18.3. The number of hydrogen-bond acceptors (Lipinski definition) is 3. The maximum absolute atomic E-state index is 13.9. The summed E-state index contributed by atoms with van der Waals surface area (Å²) < 4.78 is 33.4. The van der Waals surface area contributed by atoms with Gasteiger partial charge in [0.15, 0.2) is 0 Å². The van der Waals surface area contributed by atoms with Crippen molar-refractivity contribution in [2.24, 2.45) is 5.92 Å². The highest BCUT2D eigenvalue weighted by Gasteiger charge is 2.36. The largest absolute Gasteiger partial charge is 0.493 e. The van der Waals surface area contributed by atoms with Crippen molar-refractivity contribution in [1.29, 1.82) is 0 Å². The van der Waals surface area contributed by atoms with E-state index in [4.69, 9.17) is 4.74 Å². The molecule has 1 saturated carbocycles. The van der Waals surface area contributed by atoms with Crippen LogP contribution in [0, 0.1) is 17.6 Å². The summed E-state index contributed by atoms with van der Waals surface area (Å²) >= 11 is 0. The predicted octanol–water partition coefficient (Wildman–Crippen LogP) is 3.14. The number of fused-ring (bicyclic) bond motifs is 1. The monoisotopic (exact) mass is 359 g/mol. The molecule has 2 aliphatic rings. The number of ether oxygens (including phenoxy) is 1. The van der Waals surface area contributed by atoms with E-state index in [0.717, 1.165) is 35.4 Å². The summed E-state index contributed by atoms with van der Waals surface area (Å²) in [5, 5.41) is 12.4. The molecule has 0 radical (unpaired) electrons. The molecule has 0 spiro atoms. The van der Waals surface area contributed by atoms with E-state index < -0.39 is 35.3 Å². The molecular weight excluding hydrogens is 340 g/mol. The lowest BCUT2D eigenvalue weighted by atomic mass is 9.74. The first kappa shape index (κ1) is 17.0. The molecule has 1 unspecified atom stereocenters. The van der Waals surface area contributed by atoms with Crippen molar-refractivity contribution in [1.82, 2.24) is 5.32 Å². The summed E-state index contributed by atoms with van der Waals surface area (Å²) in [4.78, 5) is 12.6. The van der Waals surface area contributed by atoms with Crippen LogP contribution in [0.4, 0.5) is 8.78 Å². The van der Waals surface area contributed by atoms with Crippen molar-refractivity contribution in [3.8, 4) is 5.75 Å². The number of amides is 1. The van der Waals surface area contributed by atoms with Gasteiger partial charge < -0.3 is 15.2 Å². The van der Waals surface area contributed by atoms with E-state index in [1.807, 2.05) is 18.2 Å². The van der Waals surface area contributed by atoms with Crippen LogP contribution in [0.15, 0.2) is 36.4 Å². The molecule has 26 heavy (non-hydrogen) atoms. The van der Waals surface area contributed by atoms with Crippen molar-refractivity contribution in [2.75, 3.05) is 6.61 Å². The Morgan fingerprint density at radius 2 is 1.92 bits per heavy atom. The van der Waals surface area contributed by atoms with Crippen LogP contribution in [0.25, 0.3) is 0 Å². The van der Waals surface area contributed by atoms with Gasteiger partial charge in [-0.15, -0.1) is 0 Å². The summed E-state index contributed by atoms with van der Waals surface area (Å²) in [5.41, 5.74) is 1.33. The fraction of sp³-hybridized carbons (Fsp3) is 0.350. The number of nitrogens with one attached hydrogen (secondary N) is 1. The normalized spacial score (nSPS) is 22.1. The SMILES string of the molecule is O=C(NC(c1ccc2c(c1)CCO2)C1CC(O)C1)c1c(F)cccc1F. The van der Waals surface area contributed by atoms with Crippen LogP contribution in [0.5, 0.6) is 5.75 Å². The van der Waals surface area contributed by atoms with Crippen molar-refractivity contribution in [3.63, 3.8) is 0 Å². The molecule has 0 bridgehead atoms. The number of carbonyl (C=O) groups is 1. The van der Waals surface area contributed by atoms with Crippen molar-refractivity contribution < 1.29 is 23.4 Å². The van der Waals surface area contributed by atoms with E-state index in [2.05, 4.69) is 5.32 Å². The van der Waals surface area contributed by atoms with Gasteiger partial charge in [0, 0.05) is 6.42 Å². The molecule has 1 fully saturated rings. The van der Waals surface area contributed by atoms with E-state index in [1.165, 1.54) is 6.07 Å². The minimum atomic E-state index is -0.891. The van der Waals surface area contributed by atoms with Crippen LogP contribution in [0.2, 0.25) is 0 Å². The number of rotatable bonds is 4. The zero-order valence-corrected chi connectivity index (χ0v) is 14.0. The average molecular weight is 359 g/mol. The lowest BCUT2D eigenvalue weighted by Gasteiger charge is -2.38. The molecule has 4 nitrogen and oxygen atoms in total. The van der Waals surface area contributed by atoms with Gasteiger partial charge in [-0.1, -0.05) is 12.1 Å². The van der Waals surface area contributed by atoms with Crippen LogP contribution >= 0.6 is 0 Å². The van der Waals surface area contributed by atoms with Gasteiger partial charge in [0.1, 0.15) is 22.9 Å². The molecule has 0 saturated heterocycles. The molecule has 2 aromatic rings. The molecule has 1 aliphatic carbocycles. The molecule has 1 atom stereocenters. The molecule has 1 amide bonds. The molecular formula is C20H19F2NO3. The molecule has 1 heterocycles. The summed E-state index contributed by atoms with van der Waals surface area (Å²) in [6.07, 6.45) is 1.47. The highest BCUT2D eigenvalue weighted by Crippen LogP contribution is 2.40. The number of aliphatic hydroxyl groups is 1. The Kier molecular flexibility index (Phi) is 4.36. The lowest BCUT2D eigenvalue weighted by Crippen LogP contribution is -2.41. The van der Waals surface area contributed by atoms with Crippen molar-refractivity contribution in [3.05, 3.63) is 64.7 Å². The summed E-state index contributed by atoms with van der Waals surface area (Å²) in [7, 11) is 0. The molecule has 2 N–H and O–H groups in total. The standard InChI is InChI=1S/C20H19F2NO3/c21-15-2-1-3-16(22)18(15)20(25)23-19(13-9-14(24)10-13)12-4-5-17-11(8-12)6-7-26-17/h1-5,8,13-14,19,24H,6-7,9-10H2,(H,23,25). The van der Waals surface area contributed by atoms with Crippen LogP contribution in [0.1, 0.15) is 40.4 Å². The second kappa shape index (κ2) is 6.68. The maximum atomic E-state index is 13.9. The first-order valence-corrected chi connectivity index (χ1v) is 8.71. The van der Waals surface area contributed by atoms with E-state index in [0.29, 0.717) is 19.4 Å². The van der Waals surface area contributed by atoms with Crippen LogP contribution in [-0.4, -0.2) is 23.7 Å². The van der Waals surface area contributed by atoms with Crippen LogP contribution < -0.4 is 10.1 Å². The average Bonchev–Trinajstić information content (AvgIpc) is 3.04. The number of carbonyl (C=O) groups excluding carboxylic acids is 1. The topological polar surface area (TPSA) is 58.6 Å². The van der Waals surface area contributed by atoms with Gasteiger partial charge in [0.25, 0.3) is 5.91 Å². The van der Waals surface area contributed by atoms with E-state index >= 15 is 0 Å². The Balaban J connectivity index is 1.63. The number of hydrogen-bond donors (Lipinski definition) is 2. The zero-order valence-electron chi connectivity index (χ0n) is 14.0. The van der Waals surface area contributed by atoms with Gasteiger partial charge in [-0.05, 0) is 54.2 Å². The highest BCUT2D eigenvalue weighted by atomic mass is 19.1. The minimum Gasteiger partial charge on any atom is -0.493 e.